The summed E-state index contributed by atoms with van der Waals surface area (Å²) in [5.74, 6) is 1.77. The zero-order chi connectivity index (χ0) is 20.1. The molecule has 4 rings (SSSR count). The van der Waals surface area contributed by atoms with Crippen molar-refractivity contribution >= 4 is 23.5 Å². The average Bonchev–Trinajstić information content (AvgIpc) is 3.28. The number of nitrogens with one attached hydrogen (secondary N) is 1. The summed E-state index contributed by atoms with van der Waals surface area (Å²) in [6, 6.07) is 16.1. The van der Waals surface area contributed by atoms with Crippen molar-refractivity contribution in [3.05, 3.63) is 66.1 Å². The molecule has 3 heterocycles. The minimum absolute atomic E-state index is 0.0329. The lowest BCUT2D eigenvalue weighted by molar-refractivity contribution is -0.125. The molecule has 1 aliphatic heterocycles. The fourth-order valence-corrected chi connectivity index (χ4v) is 4.10. The van der Waals surface area contributed by atoms with Crippen molar-refractivity contribution in [3.8, 4) is 0 Å². The number of carbonyl (C=O) groups is 1. The second-order valence-corrected chi connectivity index (χ2v) is 8.30. The smallest absolute Gasteiger partial charge is 0.223 e. The van der Waals surface area contributed by atoms with E-state index in [0.717, 1.165) is 47.4 Å². The van der Waals surface area contributed by atoms with Crippen molar-refractivity contribution in [2.45, 2.75) is 36.2 Å². The van der Waals surface area contributed by atoms with Gasteiger partial charge in [0.2, 0.25) is 5.91 Å². The molecule has 6 nitrogen and oxygen atoms in total. The van der Waals surface area contributed by atoms with Crippen LogP contribution < -0.4 is 10.2 Å². The van der Waals surface area contributed by atoms with Crippen molar-refractivity contribution in [1.29, 1.82) is 0 Å². The zero-order valence-corrected chi connectivity index (χ0v) is 17.2. The number of furan rings is 1. The first-order chi connectivity index (χ1) is 14.2. The van der Waals surface area contributed by atoms with E-state index >= 15 is 0 Å². The monoisotopic (exact) mass is 408 g/mol. The number of carbonyl (C=O) groups excluding carboxylic acids is 1. The zero-order valence-electron chi connectivity index (χ0n) is 16.4. The third kappa shape index (κ3) is 5.17. The third-order valence-corrected chi connectivity index (χ3v) is 6.01. The Labute approximate surface area is 174 Å². The predicted molar refractivity (Wildman–Crippen MR) is 113 cm³/mol. The summed E-state index contributed by atoms with van der Waals surface area (Å²) in [7, 11) is 0. The molecular weight excluding hydrogens is 384 g/mol. The van der Waals surface area contributed by atoms with Crippen molar-refractivity contribution < 1.29 is 9.21 Å². The van der Waals surface area contributed by atoms with Gasteiger partial charge in [-0.1, -0.05) is 29.5 Å². The normalized spacial score (nSPS) is 14.7. The maximum atomic E-state index is 12.4. The Bertz CT molecular complexity index is 918. The van der Waals surface area contributed by atoms with Gasteiger partial charge in [-0.05, 0) is 56.2 Å². The molecule has 1 aromatic carbocycles. The number of nitrogens with zero attached hydrogens (tertiary/aromatic N) is 3. The van der Waals surface area contributed by atoms with Gasteiger partial charge in [0.1, 0.15) is 10.8 Å². The molecule has 0 atom stereocenters. The lowest BCUT2D eigenvalue weighted by Gasteiger charge is -2.31. The van der Waals surface area contributed by atoms with Crippen LogP contribution in [0.15, 0.2) is 69.1 Å². The number of hydrogen-bond donors (Lipinski definition) is 1. The second kappa shape index (κ2) is 9.13. The minimum atomic E-state index is 0.0329. The first-order valence-corrected chi connectivity index (χ1v) is 10.6. The maximum Gasteiger partial charge on any atom is 0.223 e. The van der Waals surface area contributed by atoms with Crippen LogP contribution in [0.2, 0.25) is 0 Å². The average molecular weight is 409 g/mol. The highest BCUT2D eigenvalue weighted by Crippen LogP contribution is 2.27. The maximum absolute atomic E-state index is 12.4. The van der Waals surface area contributed by atoms with Gasteiger partial charge in [-0.2, -0.15) is 0 Å². The Kier molecular flexibility index (Phi) is 6.14. The number of hydrogen-bond acceptors (Lipinski definition) is 6. The quantitative estimate of drug-likeness (QED) is 0.663. The highest BCUT2D eigenvalue weighted by atomic mass is 32.2. The van der Waals surface area contributed by atoms with Gasteiger partial charge < -0.3 is 14.6 Å². The number of anilines is 1. The van der Waals surface area contributed by atoms with E-state index in [9.17, 15) is 4.79 Å². The molecule has 0 radical (unpaired) electrons. The van der Waals surface area contributed by atoms with Crippen LogP contribution in [0.5, 0.6) is 0 Å². The number of rotatable bonds is 6. The second-order valence-electron chi connectivity index (χ2n) is 7.20. The van der Waals surface area contributed by atoms with Crippen molar-refractivity contribution in [1.82, 2.24) is 15.5 Å². The van der Waals surface area contributed by atoms with Gasteiger partial charge in [0.15, 0.2) is 5.82 Å². The fraction of sp³-hybridized carbons (Fsp3) is 0.318. The van der Waals surface area contributed by atoms with E-state index in [2.05, 4.69) is 51.6 Å². The van der Waals surface area contributed by atoms with Gasteiger partial charge in [-0.3, -0.25) is 4.79 Å². The first kappa shape index (κ1) is 19.5. The number of piperidine rings is 1. The topological polar surface area (TPSA) is 71.3 Å². The Morgan fingerprint density at radius 1 is 1.14 bits per heavy atom. The van der Waals surface area contributed by atoms with E-state index in [1.165, 1.54) is 5.56 Å². The van der Waals surface area contributed by atoms with Gasteiger partial charge in [0.25, 0.3) is 0 Å². The van der Waals surface area contributed by atoms with Gasteiger partial charge in [0, 0.05) is 23.9 Å². The van der Waals surface area contributed by atoms with Crippen LogP contribution in [0.1, 0.15) is 24.2 Å². The standard InChI is InChI=1S/C22H24N4O2S/c1-16-4-6-19(7-5-16)29-21-9-8-20(24-25-21)26-12-10-17(11-13-26)22(27)23-15-18-3-2-14-28-18/h2-9,14,17H,10-13,15H2,1H3,(H,23,27). The lowest BCUT2D eigenvalue weighted by Crippen LogP contribution is -2.40. The molecule has 29 heavy (non-hydrogen) atoms. The van der Waals surface area contributed by atoms with Crippen molar-refractivity contribution in [2.24, 2.45) is 5.92 Å². The molecule has 0 unspecified atom stereocenters. The van der Waals surface area contributed by atoms with Crippen molar-refractivity contribution in [3.63, 3.8) is 0 Å². The molecule has 7 heteroatoms. The van der Waals surface area contributed by atoms with E-state index in [1.807, 2.05) is 24.3 Å². The summed E-state index contributed by atoms with van der Waals surface area (Å²) in [6.07, 6.45) is 3.24. The number of amides is 1. The Morgan fingerprint density at radius 3 is 2.59 bits per heavy atom. The van der Waals surface area contributed by atoms with Crippen LogP contribution in [0.4, 0.5) is 5.82 Å². The van der Waals surface area contributed by atoms with E-state index in [-0.39, 0.29) is 11.8 Å². The molecule has 3 aromatic rings. The van der Waals surface area contributed by atoms with Gasteiger partial charge >= 0.3 is 0 Å². The summed E-state index contributed by atoms with van der Waals surface area (Å²) < 4.78 is 5.26. The summed E-state index contributed by atoms with van der Waals surface area (Å²) in [5.41, 5.74) is 1.24. The molecule has 1 aliphatic rings. The van der Waals surface area contributed by atoms with Gasteiger partial charge in [-0.15, -0.1) is 10.2 Å². The first-order valence-electron chi connectivity index (χ1n) is 9.81. The number of aromatic nitrogens is 2. The molecule has 1 amide bonds. The summed E-state index contributed by atoms with van der Waals surface area (Å²) in [6.45, 7) is 4.13. The predicted octanol–water partition coefficient (Wildman–Crippen LogP) is 4.06. The largest absolute Gasteiger partial charge is 0.467 e. The van der Waals surface area contributed by atoms with E-state index in [1.54, 1.807) is 18.0 Å². The number of aryl methyl sites for hydroxylation is 1. The molecule has 1 fully saturated rings. The van der Waals surface area contributed by atoms with Gasteiger partial charge in [-0.25, -0.2) is 0 Å². The van der Waals surface area contributed by atoms with Crippen LogP contribution in [0.3, 0.4) is 0 Å². The van der Waals surface area contributed by atoms with Crippen LogP contribution in [0.25, 0.3) is 0 Å². The molecular formula is C22H24N4O2S. The Hall–Kier alpha value is -2.80. The lowest BCUT2D eigenvalue weighted by atomic mass is 9.96. The highest BCUT2D eigenvalue weighted by Gasteiger charge is 2.25. The van der Waals surface area contributed by atoms with Gasteiger partial charge in [0.05, 0.1) is 12.8 Å². The molecule has 150 valence electrons. The number of benzene rings is 1. The molecule has 0 aliphatic carbocycles. The van der Waals surface area contributed by atoms with Crippen molar-refractivity contribution in [2.75, 3.05) is 18.0 Å². The van der Waals surface area contributed by atoms with Crippen LogP contribution in [-0.4, -0.2) is 29.2 Å². The van der Waals surface area contributed by atoms with E-state index in [4.69, 9.17) is 4.42 Å². The molecule has 0 bridgehead atoms. The highest BCUT2D eigenvalue weighted by molar-refractivity contribution is 7.99. The van der Waals surface area contributed by atoms with Crippen LogP contribution in [0, 0.1) is 12.8 Å². The minimum Gasteiger partial charge on any atom is -0.467 e. The molecule has 0 saturated carbocycles. The SMILES string of the molecule is Cc1ccc(Sc2ccc(N3CCC(C(=O)NCc4ccco4)CC3)nn2)cc1. The van der Waals surface area contributed by atoms with Crippen LogP contribution >= 0.6 is 11.8 Å². The molecule has 2 aromatic heterocycles. The Morgan fingerprint density at radius 2 is 1.93 bits per heavy atom. The summed E-state index contributed by atoms with van der Waals surface area (Å²) in [4.78, 5) is 15.7. The third-order valence-electron chi connectivity index (χ3n) is 5.08. The molecule has 1 saturated heterocycles. The fourth-order valence-electron chi connectivity index (χ4n) is 3.37. The summed E-state index contributed by atoms with van der Waals surface area (Å²) >= 11 is 1.61. The molecule has 0 spiro atoms. The van der Waals surface area contributed by atoms with E-state index < -0.39 is 0 Å². The van der Waals surface area contributed by atoms with Crippen LogP contribution in [-0.2, 0) is 11.3 Å². The van der Waals surface area contributed by atoms with E-state index in [0.29, 0.717) is 6.54 Å². The Balaban J connectivity index is 1.27. The summed E-state index contributed by atoms with van der Waals surface area (Å²) in [5, 5.41) is 12.6. The molecule has 1 N–H and O–H groups in total.